The van der Waals surface area contributed by atoms with E-state index in [0.29, 0.717) is 0 Å². The van der Waals surface area contributed by atoms with E-state index in [4.69, 9.17) is 0 Å². The number of hydrogen-bond acceptors (Lipinski definition) is 1. The second-order valence-electron chi connectivity index (χ2n) is 5.41. The fourth-order valence-corrected chi connectivity index (χ4v) is 2.73. The molecule has 0 radical (unpaired) electrons. The van der Waals surface area contributed by atoms with Crippen LogP contribution in [0, 0.1) is 19.7 Å². The molecule has 0 aliphatic heterocycles. The third-order valence-electron chi connectivity index (χ3n) is 3.73. The Labute approximate surface area is 120 Å². The number of benzene rings is 2. The van der Waals surface area contributed by atoms with E-state index in [9.17, 15) is 4.39 Å². The fourth-order valence-electron chi connectivity index (χ4n) is 2.73. The summed E-state index contributed by atoms with van der Waals surface area (Å²) >= 11 is 0. The minimum Gasteiger partial charge on any atom is -0.319 e. The maximum absolute atomic E-state index is 14.2. The first-order valence-corrected chi connectivity index (χ1v) is 7.07. The second kappa shape index (κ2) is 6.67. The van der Waals surface area contributed by atoms with Gasteiger partial charge in [0.05, 0.1) is 0 Å². The molecule has 0 fully saturated rings. The maximum atomic E-state index is 14.2. The smallest absolute Gasteiger partial charge is 0.126 e. The van der Waals surface area contributed by atoms with E-state index >= 15 is 0 Å². The lowest BCUT2D eigenvalue weighted by Crippen LogP contribution is -2.20. The summed E-state index contributed by atoms with van der Waals surface area (Å²) in [6, 6.07) is 14.0. The van der Waals surface area contributed by atoms with E-state index in [2.05, 4.69) is 23.5 Å². The molecule has 2 rings (SSSR count). The van der Waals surface area contributed by atoms with Gasteiger partial charge < -0.3 is 5.32 Å². The zero-order valence-electron chi connectivity index (χ0n) is 12.4. The van der Waals surface area contributed by atoms with Crippen LogP contribution in [0.1, 0.15) is 28.2 Å². The third-order valence-corrected chi connectivity index (χ3v) is 3.73. The van der Waals surface area contributed by atoms with Crippen molar-refractivity contribution in [3.8, 4) is 0 Å². The maximum Gasteiger partial charge on any atom is 0.126 e. The van der Waals surface area contributed by atoms with Crippen LogP contribution in [0.5, 0.6) is 0 Å². The number of likely N-dealkylation sites (N-methyl/N-ethyl adjacent to an activating group) is 1. The van der Waals surface area contributed by atoms with Gasteiger partial charge in [0, 0.05) is 12.5 Å². The standard InChI is InChI=1S/C18H22FN/c1-13-9-14(2)17(18(19)10-13)11-16(12-20-3)15-7-5-4-6-8-15/h4-10,16,20H,11-12H2,1-3H3. The molecule has 0 bridgehead atoms. The molecule has 0 heterocycles. The second-order valence-corrected chi connectivity index (χ2v) is 5.41. The van der Waals surface area contributed by atoms with Crippen LogP contribution in [0.4, 0.5) is 4.39 Å². The molecule has 0 spiro atoms. The number of halogens is 1. The minimum atomic E-state index is -0.0838. The summed E-state index contributed by atoms with van der Waals surface area (Å²) in [6.45, 7) is 4.77. The molecule has 1 unspecified atom stereocenters. The molecule has 106 valence electrons. The fraction of sp³-hybridized carbons (Fsp3) is 0.333. The van der Waals surface area contributed by atoms with Crippen LogP contribution >= 0.6 is 0 Å². The highest BCUT2D eigenvalue weighted by Gasteiger charge is 2.16. The van der Waals surface area contributed by atoms with Crippen LogP contribution in [0.25, 0.3) is 0 Å². The normalized spacial score (nSPS) is 12.4. The molecule has 0 aromatic heterocycles. The summed E-state index contributed by atoms with van der Waals surface area (Å²) < 4.78 is 14.2. The molecule has 1 N–H and O–H groups in total. The Balaban J connectivity index is 2.30. The Hall–Kier alpha value is -1.67. The molecule has 2 aromatic carbocycles. The lowest BCUT2D eigenvalue weighted by atomic mass is 9.89. The average Bonchev–Trinajstić information content (AvgIpc) is 2.42. The highest BCUT2D eigenvalue weighted by molar-refractivity contribution is 5.34. The SMILES string of the molecule is CNCC(Cc1c(C)cc(C)cc1F)c1ccccc1. The first-order valence-electron chi connectivity index (χ1n) is 7.07. The molecule has 0 saturated heterocycles. The van der Waals surface area contributed by atoms with Gasteiger partial charge in [0.2, 0.25) is 0 Å². The van der Waals surface area contributed by atoms with E-state index < -0.39 is 0 Å². The summed E-state index contributed by atoms with van der Waals surface area (Å²) in [5.74, 6) is 0.205. The monoisotopic (exact) mass is 271 g/mol. The van der Waals surface area contributed by atoms with Crippen LogP contribution < -0.4 is 5.32 Å². The molecule has 1 nitrogen and oxygen atoms in total. The van der Waals surface area contributed by atoms with Crippen LogP contribution in [0.15, 0.2) is 42.5 Å². The molecular formula is C18H22FN. The van der Waals surface area contributed by atoms with Crippen LogP contribution in [-0.4, -0.2) is 13.6 Å². The third kappa shape index (κ3) is 3.45. The van der Waals surface area contributed by atoms with Crippen molar-refractivity contribution in [2.24, 2.45) is 0 Å². The van der Waals surface area contributed by atoms with Crippen LogP contribution in [0.3, 0.4) is 0 Å². The summed E-state index contributed by atoms with van der Waals surface area (Å²) in [4.78, 5) is 0. The van der Waals surface area contributed by atoms with Crippen molar-refractivity contribution in [3.63, 3.8) is 0 Å². The lowest BCUT2D eigenvalue weighted by molar-refractivity contribution is 0.571. The molecule has 2 heteroatoms. The Morgan fingerprint density at radius 3 is 2.40 bits per heavy atom. The zero-order valence-corrected chi connectivity index (χ0v) is 12.4. The van der Waals surface area contributed by atoms with E-state index in [1.165, 1.54) is 5.56 Å². The van der Waals surface area contributed by atoms with Crippen molar-refractivity contribution < 1.29 is 4.39 Å². The summed E-state index contributed by atoms with van der Waals surface area (Å²) in [6.07, 6.45) is 0.725. The minimum absolute atomic E-state index is 0.0838. The van der Waals surface area contributed by atoms with Gasteiger partial charge >= 0.3 is 0 Å². The predicted molar refractivity (Wildman–Crippen MR) is 82.7 cm³/mol. The molecular weight excluding hydrogens is 249 g/mol. The lowest BCUT2D eigenvalue weighted by Gasteiger charge is -2.19. The van der Waals surface area contributed by atoms with Gasteiger partial charge in [0.25, 0.3) is 0 Å². The molecule has 0 amide bonds. The van der Waals surface area contributed by atoms with Gasteiger partial charge in [-0.2, -0.15) is 0 Å². The Morgan fingerprint density at radius 1 is 1.10 bits per heavy atom. The topological polar surface area (TPSA) is 12.0 Å². The molecule has 0 aliphatic rings. The Morgan fingerprint density at radius 2 is 1.80 bits per heavy atom. The van der Waals surface area contributed by atoms with Crippen LogP contribution in [-0.2, 0) is 6.42 Å². The average molecular weight is 271 g/mol. The highest BCUT2D eigenvalue weighted by atomic mass is 19.1. The summed E-state index contributed by atoms with van der Waals surface area (Å²) in [5, 5.41) is 3.21. The largest absolute Gasteiger partial charge is 0.319 e. The van der Waals surface area contributed by atoms with Gasteiger partial charge in [-0.25, -0.2) is 4.39 Å². The Kier molecular flexibility index (Phi) is 4.91. The Bertz CT molecular complexity index is 540. The molecule has 2 aromatic rings. The van der Waals surface area contributed by atoms with Gasteiger partial charge in [-0.1, -0.05) is 36.4 Å². The highest BCUT2D eigenvalue weighted by Crippen LogP contribution is 2.25. The van der Waals surface area contributed by atoms with Gasteiger partial charge in [-0.05, 0) is 55.6 Å². The molecule has 0 aliphatic carbocycles. The van der Waals surface area contributed by atoms with Crippen LogP contribution in [0.2, 0.25) is 0 Å². The molecule has 0 saturated carbocycles. The van der Waals surface area contributed by atoms with Gasteiger partial charge in [-0.15, -0.1) is 0 Å². The van der Waals surface area contributed by atoms with E-state index in [1.54, 1.807) is 6.07 Å². The van der Waals surface area contributed by atoms with Gasteiger partial charge in [0.15, 0.2) is 0 Å². The first kappa shape index (κ1) is 14.7. The molecule has 20 heavy (non-hydrogen) atoms. The van der Waals surface area contributed by atoms with E-state index in [1.807, 2.05) is 39.1 Å². The number of rotatable bonds is 5. The van der Waals surface area contributed by atoms with E-state index in [-0.39, 0.29) is 11.7 Å². The van der Waals surface area contributed by atoms with Crippen molar-refractivity contribution in [1.29, 1.82) is 0 Å². The quantitative estimate of drug-likeness (QED) is 0.867. The van der Waals surface area contributed by atoms with Crippen molar-refractivity contribution >= 4 is 0 Å². The number of aryl methyl sites for hydroxylation is 2. The van der Waals surface area contributed by atoms with Gasteiger partial charge in [-0.3, -0.25) is 0 Å². The first-order chi connectivity index (χ1) is 9.61. The van der Waals surface area contributed by atoms with E-state index in [0.717, 1.165) is 29.7 Å². The van der Waals surface area contributed by atoms with Crippen molar-refractivity contribution in [2.75, 3.05) is 13.6 Å². The number of nitrogens with one attached hydrogen (secondary N) is 1. The predicted octanol–water partition coefficient (Wildman–Crippen LogP) is 3.99. The van der Waals surface area contributed by atoms with Crippen molar-refractivity contribution in [3.05, 3.63) is 70.5 Å². The molecule has 1 atom stereocenters. The summed E-state index contributed by atoms with van der Waals surface area (Å²) in [5.41, 5.74) is 4.11. The van der Waals surface area contributed by atoms with Gasteiger partial charge in [0.1, 0.15) is 5.82 Å². The van der Waals surface area contributed by atoms with Crippen molar-refractivity contribution in [2.45, 2.75) is 26.2 Å². The van der Waals surface area contributed by atoms with Crippen molar-refractivity contribution in [1.82, 2.24) is 5.32 Å². The summed E-state index contributed by atoms with van der Waals surface area (Å²) in [7, 11) is 1.94. The zero-order chi connectivity index (χ0) is 14.5. The number of hydrogen-bond donors (Lipinski definition) is 1.